The normalized spacial score (nSPS) is 38.6. The van der Waals surface area contributed by atoms with Gasteiger partial charge in [-0.15, -0.1) is 0 Å². The summed E-state index contributed by atoms with van der Waals surface area (Å²) >= 11 is 0. The van der Waals surface area contributed by atoms with Gasteiger partial charge in [0.05, 0.1) is 13.2 Å². The minimum absolute atomic E-state index is 0.0781. The van der Waals surface area contributed by atoms with E-state index in [4.69, 9.17) is 9.47 Å². The Morgan fingerprint density at radius 2 is 2.43 bits per heavy atom. The van der Waals surface area contributed by atoms with Crippen LogP contribution in [0.3, 0.4) is 0 Å². The van der Waals surface area contributed by atoms with E-state index >= 15 is 0 Å². The Balaban J connectivity index is 2.13. The lowest BCUT2D eigenvalue weighted by molar-refractivity contribution is 0.130. The molecule has 1 saturated heterocycles. The van der Waals surface area contributed by atoms with Crippen molar-refractivity contribution in [3.63, 3.8) is 0 Å². The monoisotopic (exact) mass is 102 g/mol. The molecule has 0 N–H and O–H groups in total. The second kappa shape index (κ2) is 1.46. The van der Waals surface area contributed by atoms with E-state index in [2.05, 4.69) is 0 Å². The van der Waals surface area contributed by atoms with E-state index in [9.17, 15) is 0 Å². The molecule has 0 amide bonds. The molecule has 0 aromatic carbocycles. The van der Waals surface area contributed by atoms with Crippen LogP contribution in [0.2, 0.25) is 0 Å². The van der Waals surface area contributed by atoms with Gasteiger partial charge in [-0.2, -0.15) is 0 Å². The molecule has 0 spiro atoms. The molecule has 0 radical (unpaired) electrons. The van der Waals surface area contributed by atoms with Gasteiger partial charge in [0, 0.05) is 7.11 Å². The van der Waals surface area contributed by atoms with E-state index in [1.54, 1.807) is 7.11 Å². The van der Waals surface area contributed by atoms with Crippen molar-refractivity contribution in [2.75, 3.05) is 20.3 Å². The minimum Gasteiger partial charge on any atom is -0.382 e. The number of ether oxygens (including phenoxy) is 2. The molecule has 0 unspecified atom stereocenters. The van der Waals surface area contributed by atoms with Crippen molar-refractivity contribution in [3.8, 4) is 0 Å². The van der Waals surface area contributed by atoms with Gasteiger partial charge in [-0.1, -0.05) is 0 Å². The molecule has 0 bridgehead atoms. The van der Waals surface area contributed by atoms with Gasteiger partial charge in [0.25, 0.3) is 0 Å². The van der Waals surface area contributed by atoms with Gasteiger partial charge in [-0.25, -0.2) is 0 Å². The average Bonchev–Trinajstić information content (AvgIpc) is 2.22. The van der Waals surface area contributed by atoms with Gasteiger partial charge in [0.15, 0.2) is 0 Å². The third-order valence-corrected chi connectivity index (χ3v) is 1.09. The van der Waals surface area contributed by atoms with Crippen molar-refractivity contribution in [1.29, 1.82) is 0 Å². The third-order valence-electron chi connectivity index (χ3n) is 1.09. The Morgan fingerprint density at radius 3 is 2.57 bits per heavy atom. The topological polar surface area (TPSA) is 21.8 Å². The maximum Gasteiger partial charge on any atom is 0.112 e. The Labute approximate surface area is 43.4 Å². The quantitative estimate of drug-likeness (QED) is 0.471. The van der Waals surface area contributed by atoms with Crippen LogP contribution in [-0.2, 0) is 9.47 Å². The number of rotatable bonds is 2. The van der Waals surface area contributed by atoms with Crippen LogP contribution in [0.15, 0.2) is 0 Å². The zero-order valence-electron chi connectivity index (χ0n) is 4.73. The lowest BCUT2D eigenvalue weighted by atomic mass is 10.2. The first-order valence-electron chi connectivity index (χ1n) is 2.40. The summed E-state index contributed by atoms with van der Waals surface area (Å²) in [5.74, 6) is 0. The molecule has 0 saturated carbocycles. The Kier molecular flexibility index (Phi) is 1.05. The van der Waals surface area contributed by atoms with Gasteiger partial charge in [-0.05, 0) is 6.92 Å². The van der Waals surface area contributed by atoms with Crippen LogP contribution in [0.1, 0.15) is 6.92 Å². The summed E-state index contributed by atoms with van der Waals surface area (Å²) in [6.45, 7) is 3.63. The molecular weight excluding hydrogens is 92.1 g/mol. The molecule has 1 rings (SSSR count). The van der Waals surface area contributed by atoms with Gasteiger partial charge >= 0.3 is 0 Å². The fraction of sp³-hybridized carbons (Fsp3) is 1.00. The van der Waals surface area contributed by atoms with E-state index in [-0.39, 0.29) is 5.60 Å². The van der Waals surface area contributed by atoms with Crippen LogP contribution < -0.4 is 0 Å². The Bertz CT molecular complexity index is 66.5. The van der Waals surface area contributed by atoms with Gasteiger partial charge in [0.1, 0.15) is 5.60 Å². The summed E-state index contributed by atoms with van der Waals surface area (Å²) < 4.78 is 9.86. The second-order valence-electron chi connectivity index (χ2n) is 2.17. The molecule has 1 aliphatic rings. The molecule has 1 aliphatic heterocycles. The summed E-state index contributed by atoms with van der Waals surface area (Å²) in [6.07, 6.45) is 0. The number of methoxy groups -OCH3 is 1. The first-order chi connectivity index (χ1) is 3.27. The highest BCUT2D eigenvalue weighted by atomic mass is 16.6. The molecular formula is C5H10O2. The Hall–Kier alpha value is -0.0800. The van der Waals surface area contributed by atoms with Crippen LogP contribution >= 0.6 is 0 Å². The van der Waals surface area contributed by atoms with E-state index in [0.29, 0.717) is 0 Å². The van der Waals surface area contributed by atoms with Crippen LogP contribution in [-0.4, -0.2) is 25.9 Å². The smallest absolute Gasteiger partial charge is 0.112 e. The maximum absolute atomic E-state index is 5.01. The zero-order chi connectivity index (χ0) is 5.33. The number of hydrogen-bond donors (Lipinski definition) is 0. The molecule has 1 atom stereocenters. The minimum atomic E-state index is 0.0781. The van der Waals surface area contributed by atoms with E-state index in [1.165, 1.54) is 0 Å². The van der Waals surface area contributed by atoms with E-state index in [0.717, 1.165) is 13.2 Å². The molecule has 7 heavy (non-hydrogen) atoms. The fourth-order valence-corrected chi connectivity index (χ4v) is 0.512. The van der Waals surface area contributed by atoms with Crippen molar-refractivity contribution in [2.24, 2.45) is 0 Å². The van der Waals surface area contributed by atoms with Crippen molar-refractivity contribution in [1.82, 2.24) is 0 Å². The average molecular weight is 102 g/mol. The largest absolute Gasteiger partial charge is 0.382 e. The predicted molar refractivity (Wildman–Crippen MR) is 26.2 cm³/mol. The Morgan fingerprint density at radius 1 is 1.86 bits per heavy atom. The highest BCUT2D eigenvalue weighted by molar-refractivity contribution is 4.85. The van der Waals surface area contributed by atoms with Crippen molar-refractivity contribution < 1.29 is 9.47 Å². The van der Waals surface area contributed by atoms with Gasteiger partial charge in [0.2, 0.25) is 0 Å². The molecule has 0 aromatic rings. The maximum atomic E-state index is 5.01. The lowest BCUT2D eigenvalue weighted by Crippen LogP contribution is -2.11. The number of hydrogen-bond acceptors (Lipinski definition) is 2. The first-order valence-corrected chi connectivity index (χ1v) is 2.40. The first kappa shape index (κ1) is 5.06. The van der Waals surface area contributed by atoms with Crippen LogP contribution in [0.5, 0.6) is 0 Å². The molecule has 0 aromatic heterocycles. The highest BCUT2D eigenvalue weighted by Gasteiger charge is 2.38. The fourth-order valence-electron chi connectivity index (χ4n) is 0.512. The molecule has 1 heterocycles. The summed E-state index contributed by atoms with van der Waals surface area (Å²) in [6, 6.07) is 0. The number of epoxide rings is 1. The molecule has 1 fully saturated rings. The summed E-state index contributed by atoms with van der Waals surface area (Å²) in [7, 11) is 1.69. The predicted octanol–water partition coefficient (Wildman–Crippen LogP) is 0.422. The van der Waals surface area contributed by atoms with E-state index in [1.807, 2.05) is 6.92 Å². The molecule has 0 aliphatic carbocycles. The third kappa shape index (κ3) is 1.14. The van der Waals surface area contributed by atoms with Gasteiger partial charge in [-0.3, -0.25) is 0 Å². The van der Waals surface area contributed by atoms with Gasteiger partial charge < -0.3 is 9.47 Å². The summed E-state index contributed by atoms with van der Waals surface area (Å²) in [4.78, 5) is 0. The van der Waals surface area contributed by atoms with Crippen molar-refractivity contribution >= 4 is 0 Å². The van der Waals surface area contributed by atoms with E-state index < -0.39 is 0 Å². The lowest BCUT2D eigenvalue weighted by Gasteiger charge is -1.98. The second-order valence-corrected chi connectivity index (χ2v) is 2.17. The van der Waals surface area contributed by atoms with Crippen LogP contribution in [0.4, 0.5) is 0 Å². The highest BCUT2D eigenvalue weighted by Crippen LogP contribution is 2.25. The van der Waals surface area contributed by atoms with Crippen molar-refractivity contribution in [3.05, 3.63) is 0 Å². The summed E-state index contributed by atoms with van der Waals surface area (Å²) in [5.41, 5.74) is 0.0781. The van der Waals surface area contributed by atoms with Crippen LogP contribution in [0, 0.1) is 0 Å². The summed E-state index contributed by atoms with van der Waals surface area (Å²) in [5, 5.41) is 0. The molecule has 2 nitrogen and oxygen atoms in total. The molecule has 42 valence electrons. The van der Waals surface area contributed by atoms with Crippen LogP contribution in [0.25, 0.3) is 0 Å². The zero-order valence-corrected chi connectivity index (χ0v) is 4.73. The standard InChI is InChI=1S/C5H10O2/c1-5(3-6-2)4-7-5/h3-4H2,1-2H3/t5-/m1/s1. The molecule has 2 heteroatoms. The van der Waals surface area contributed by atoms with Crippen molar-refractivity contribution in [2.45, 2.75) is 12.5 Å². The SMILES string of the molecule is COC[C@]1(C)CO1.